The van der Waals surface area contributed by atoms with Gasteiger partial charge in [-0.05, 0) is 66.3 Å². The third kappa shape index (κ3) is 2.72. The zero-order chi connectivity index (χ0) is 18.4. The first-order valence-electron chi connectivity index (χ1n) is 9.61. The Hall–Kier alpha value is -2.54. The van der Waals surface area contributed by atoms with Crippen molar-refractivity contribution in [1.82, 2.24) is 4.57 Å². The van der Waals surface area contributed by atoms with Gasteiger partial charge in [-0.2, -0.15) is 0 Å². The number of rotatable bonds is 3. The van der Waals surface area contributed by atoms with Crippen molar-refractivity contribution in [3.8, 4) is 5.69 Å². The summed E-state index contributed by atoms with van der Waals surface area (Å²) in [7, 11) is 0. The van der Waals surface area contributed by atoms with Crippen LogP contribution in [0.3, 0.4) is 0 Å². The molecule has 1 heterocycles. The lowest BCUT2D eigenvalue weighted by Gasteiger charge is -2.10. The maximum Gasteiger partial charge on any atom is 0.0541 e. The van der Waals surface area contributed by atoms with E-state index in [1.807, 2.05) is 0 Å². The topological polar surface area (TPSA) is 4.93 Å². The molecular weight excluding hydrogens is 314 g/mol. The summed E-state index contributed by atoms with van der Waals surface area (Å²) in [5.41, 5.74) is 7.89. The van der Waals surface area contributed by atoms with E-state index in [9.17, 15) is 0 Å². The highest BCUT2D eigenvalue weighted by atomic mass is 15.0. The molecule has 0 aliphatic rings. The predicted octanol–water partition coefficient (Wildman–Crippen LogP) is 7.34. The molecule has 3 aromatic carbocycles. The third-order valence-electron chi connectivity index (χ3n) is 5.44. The molecule has 0 saturated heterocycles. The first-order chi connectivity index (χ1) is 12.5. The van der Waals surface area contributed by atoms with Crippen molar-refractivity contribution in [2.24, 2.45) is 0 Å². The average Bonchev–Trinajstić information content (AvgIpc) is 2.95. The van der Waals surface area contributed by atoms with Crippen LogP contribution in [0.5, 0.6) is 0 Å². The Bertz CT molecular complexity index is 1010. The lowest BCUT2D eigenvalue weighted by atomic mass is 9.98. The standard InChI is InChI=1S/C25H27N/c1-16(2)19-8-12-24-22(14-19)23-15-20(17(3)4)9-13-25(23)26(24)21-10-6-18(5)7-11-21/h6-17H,1-5H3. The average molecular weight is 341 g/mol. The molecule has 132 valence electrons. The second-order valence-corrected chi connectivity index (χ2v) is 8.03. The highest BCUT2D eigenvalue weighted by Crippen LogP contribution is 2.35. The zero-order valence-corrected chi connectivity index (χ0v) is 16.4. The summed E-state index contributed by atoms with van der Waals surface area (Å²) in [6.07, 6.45) is 0. The van der Waals surface area contributed by atoms with Crippen LogP contribution in [-0.4, -0.2) is 4.57 Å². The molecule has 4 aromatic rings. The Balaban J connectivity index is 2.10. The SMILES string of the molecule is Cc1ccc(-n2c3ccc(C(C)C)cc3c3cc(C(C)C)ccc32)cc1. The normalized spacial score (nSPS) is 12.0. The molecule has 0 fully saturated rings. The van der Waals surface area contributed by atoms with Gasteiger partial charge >= 0.3 is 0 Å². The number of aryl methyl sites for hydroxylation is 1. The number of aromatic nitrogens is 1. The quantitative estimate of drug-likeness (QED) is 0.367. The molecule has 0 aliphatic heterocycles. The predicted molar refractivity (Wildman–Crippen MR) is 114 cm³/mol. The van der Waals surface area contributed by atoms with Gasteiger partial charge in [-0.1, -0.05) is 57.5 Å². The summed E-state index contributed by atoms with van der Waals surface area (Å²) in [6.45, 7) is 11.2. The summed E-state index contributed by atoms with van der Waals surface area (Å²) in [5, 5.41) is 2.71. The molecule has 0 spiro atoms. The number of fused-ring (bicyclic) bond motifs is 3. The summed E-state index contributed by atoms with van der Waals surface area (Å²) < 4.78 is 2.40. The van der Waals surface area contributed by atoms with E-state index in [-0.39, 0.29) is 0 Å². The largest absolute Gasteiger partial charge is 0.309 e. The van der Waals surface area contributed by atoms with Crippen LogP contribution < -0.4 is 0 Å². The molecule has 0 unspecified atom stereocenters. The molecule has 0 amide bonds. The molecule has 0 N–H and O–H groups in total. The Labute approximate surface area is 156 Å². The smallest absolute Gasteiger partial charge is 0.0541 e. The molecule has 0 radical (unpaired) electrons. The molecule has 0 bridgehead atoms. The molecule has 4 rings (SSSR count). The third-order valence-corrected chi connectivity index (χ3v) is 5.44. The minimum atomic E-state index is 0.533. The highest BCUT2D eigenvalue weighted by molar-refractivity contribution is 6.09. The van der Waals surface area contributed by atoms with Crippen LogP contribution in [0.2, 0.25) is 0 Å². The van der Waals surface area contributed by atoms with E-state index >= 15 is 0 Å². The fourth-order valence-electron chi connectivity index (χ4n) is 3.75. The Morgan fingerprint density at radius 3 is 1.50 bits per heavy atom. The van der Waals surface area contributed by atoms with Gasteiger partial charge in [0, 0.05) is 16.5 Å². The highest BCUT2D eigenvalue weighted by Gasteiger charge is 2.14. The van der Waals surface area contributed by atoms with Crippen LogP contribution in [0.4, 0.5) is 0 Å². The molecule has 0 saturated carbocycles. The second kappa shape index (κ2) is 6.32. The monoisotopic (exact) mass is 341 g/mol. The summed E-state index contributed by atoms with van der Waals surface area (Å²) in [5.74, 6) is 1.07. The Morgan fingerprint density at radius 2 is 1.08 bits per heavy atom. The van der Waals surface area contributed by atoms with Gasteiger partial charge < -0.3 is 4.57 Å². The number of nitrogens with zero attached hydrogens (tertiary/aromatic N) is 1. The summed E-state index contributed by atoms with van der Waals surface area (Å²) in [6, 6.07) is 22.7. The van der Waals surface area contributed by atoms with Crippen molar-refractivity contribution in [2.75, 3.05) is 0 Å². The van der Waals surface area contributed by atoms with Crippen molar-refractivity contribution in [3.63, 3.8) is 0 Å². The second-order valence-electron chi connectivity index (χ2n) is 8.03. The van der Waals surface area contributed by atoms with Gasteiger partial charge in [0.1, 0.15) is 0 Å². The lowest BCUT2D eigenvalue weighted by molar-refractivity contribution is 0.868. The van der Waals surface area contributed by atoms with E-state index in [0.717, 1.165) is 0 Å². The molecule has 1 aromatic heterocycles. The molecular formula is C25H27N. The maximum absolute atomic E-state index is 2.40. The molecule has 0 aliphatic carbocycles. The number of hydrogen-bond acceptors (Lipinski definition) is 0. The van der Waals surface area contributed by atoms with E-state index in [0.29, 0.717) is 11.8 Å². The van der Waals surface area contributed by atoms with Crippen LogP contribution >= 0.6 is 0 Å². The van der Waals surface area contributed by atoms with Crippen LogP contribution in [0.15, 0.2) is 60.7 Å². The van der Waals surface area contributed by atoms with Crippen LogP contribution in [0.25, 0.3) is 27.5 Å². The fourth-order valence-corrected chi connectivity index (χ4v) is 3.75. The summed E-state index contributed by atoms with van der Waals surface area (Å²) >= 11 is 0. The van der Waals surface area contributed by atoms with E-state index in [4.69, 9.17) is 0 Å². The van der Waals surface area contributed by atoms with Crippen molar-refractivity contribution in [1.29, 1.82) is 0 Å². The van der Waals surface area contributed by atoms with Crippen molar-refractivity contribution in [3.05, 3.63) is 77.4 Å². The van der Waals surface area contributed by atoms with Gasteiger partial charge in [-0.15, -0.1) is 0 Å². The first kappa shape index (κ1) is 16.9. The van der Waals surface area contributed by atoms with Gasteiger partial charge in [0.05, 0.1) is 11.0 Å². The minimum absolute atomic E-state index is 0.533. The number of hydrogen-bond donors (Lipinski definition) is 0. The van der Waals surface area contributed by atoms with Gasteiger partial charge in [0.15, 0.2) is 0 Å². The lowest BCUT2D eigenvalue weighted by Crippen LogP contribution is -1.94. The molecule has 1 nitrogen and oxygen atoms in total. The van der Waals surface area contributed by atoms with Gasteiger partial charge in [0.25, 0.3) is 0 Å². The van der Waals surface area contributed by atoms with Gasteiger partial charge in [0.2, 0.25) is 0 Å². The van der Waals surface area contributed by atoms with Crippen molar-refractivity contribution >= 4 is 21.8 Å². The zero-order valence-electron chi connectivity index (χ0n) is 16.4. The fraction of sp³-hybridized carbons (Fsp3) is 0.280. The number of benzene rings is 3. The molecule has 1 heteroatoms. The van der Waals surface area contributed by atoms with E-state index in [1.54, 1.807) is 0 Å². The Morgan fingerprint density at radius 1 is 0.615 bits per heavy atom. The van der Waals surface area contributed by atoms with Crippen LogP contribution in [0, 0.1) is 6.92 Å². The first-order valence-corrected chi connectivity index (χ1v) is 9.61. The van der Waals surface area contributed by atoms with Gasteiger partial charge in [-0.3, -0.25) is 0 Å². The van der Waals surface area contributed by atoms with E-state index in [2.05, 4.69) is 99.8 Å². The Kier molecular flexibility index (Phi) is 4.11. The van der Waals surface area contributed by atoms with Crippen LogP contribution in [0.1, 0.15) is 56.2 Å². The summed E-state index contributed by atoms with van der Waals surface area (Å²) in [4.78, 5) is 0. The van der Waals surface area contributed by atoms with E-state index in [1.165, 1.54) is 44.2 Å². The molecule has 26 heavy (non-hydrogen) atoms. The maximum atomic E-state index is 2.40. The van der Waals surface area contributed by atoms with E-state index < -0.39 is 0 Å². The minimum Gasteiger partial charge on any atom is -0.309 e. The molecule has 0 atom stereocenters. The van der Waals surface area contributed by atoms with Crippen LogP contribution in [-0.2, 0) is 0 Å². The van der Waals surface area contributed by atoms with Crippen molar-refractivity contribution in [2.45, 2.75) is 46.5 Å². The van der Waals surface area contributed by atoms with Gasteiger partial charge in [-0.25, -0.2) is 0 Å². The van der Waals surface area contributed by atoms with Crippen molar-refractivity contribution < 1.29 is 0 Å².